The first-order valence-corrected chi connectivity index (χ1v) is 21.2. The Morgan fingerprint density at radius 1 is 0.339 bits per heavy atom. The van der Waals surface area contributed by atoms with Gasteiger partial charge in [0.25, 0.3) is 0 Å². The van der Waals surface area contributed by atoms with Gasteiger partial charge in [-0.1, -0.05) is 152 Å². The van der Waals surface area contributed by atoms with E-state index in [4.69, 9.17) is 4.42 Å². The molecule has 0 aliphatic rings. The van der Waals surface area contributed by atoms with Gasteiger partial charge in [0, 0.05) is 60.5 Å². The van der Waals surface area contributed by atoms with Gasteiger partial charge in [-0.15, -0.1) is 0 Å². The summed E-state index contributed by atoms with van der Waals surface area (Å²) < 4.78 is 11.5. The maximum atomic E-state index is 6.70. The molecule has 0 saturated carbocycles. The number of benzene rings is 10. The van der Waals surface area contributed by atoms with Crippen molar-refractivity contribution in [2.24, 2.45) is 0 Å². The molecule has 13 aromatic rings. The largest absolute Gasteiger partial charge is 0.454 e. The van der Waals surface area contributed by atoms with Crippen molar-refractivity contribution in [1.82, 2.24) is 9.13 Å². The normalized spacial score (nSPS) is 11.9. The van der Waals surface area contributed by atoms with Crippen LogP contribution >= 0.6 is 0 Å². The molecule has 0 saturated heterocycles. The van der Waals surface area contributed by atoms with Crippen LogP contribution in [0, 0.1) is 0 Å². The Kier molecular flexibility index (Phi) is 7.57. The van der Waals surface area contributed by atoms with Crippen LogP contribution in [0.3, 0.4) is 0 Å². The van der Waals surface area contributed by atoms with Crippen LogP contribution in [0.25, 0.3) is 98.8 Å². The molecule has 3 aromatic heterocycles. The predicted octanol–water partition coefficient (Wildman–Crippen LogP) is 16.1. The number of furan rings is 1. The van der Waals surface area contributed by atoms with Crippen LogP contribution in [0.4, 0.5) is 17.1 Å². The fourth-order valence-corrected chi connectivity index (χ4v) is 9.89. The first-order chi connectivity index (χ1) is 30.8. The summed E-state index contributed by atoms with van der Waals surface area (Å²) in [6.07, 6.45) is 0. The number of fused-ring (bicyclic) bond motifs is 11. The SMILES string of the molecule is c1ccc(-n2c3ccccc3c3ccc(N(c4ccc(-c5ccc(-n6c7ccccc7c7ccc8ccccc8c76)cc5)cc4)c4cccc5c4oc4ccccc45)cc32)cc1. The molecule has 62 heavy (non-hydrogen) atoms. The molecular formula is C58H37N3O. The summed E-state index contributed by atoms with van der Waals surface area (Å²) in [4.78, 5) is 2.34. The van der Waals surface area contributed by atoms with Crippen LogP contribution < -0.4 is 4.90 Å². The van der Waals surface area contributed by atoms with Gasteiger partial charge in [-0.2, -0.15) is 0 Å². The molecule has 3 heterocycles. The van der Waals surface area contributed by atoms with E-state index in [1.165, 1.54) is 48.9 Å². The zero-order valence-electron chi connectivity index (χ0n) is 33.6. The van der Waals surface area contributed by atoms with Gasteiger partial charge >= 0.3 is 0 Å². The van der Waals surface area contributed by atoms with Gasteiger partial charge in [-0.05, 0) is 89.3 Å². The van der Waals surface area contributed by atoms with Crippen LogP contribution in [0.5, 0.6) is 0 Å². The Balaban J connectivity index is 0.953. The van der Waals surface area contributed by atoms with E-state index in [-0.39, 0.29) is 0 Å². The second-order valence-corrected chi connectivity index (χ2v) is 16.1. The van der Waals surface area contributed by atoms with Crippen molar-refractivity contribution in [2.45, 2.75) is 0 Å². The third-order valence-electron chi connectivity index (χ3n) is 12.7. The maximum absolute atomic E-state index is 6.70. The predicted molar refractivity (Wildman–Crippen MR) is 260 cm³/mol. The molecule has 0 fully saturated rings. The smallest absolute Gasteiger partial charge is 0.159 e. The molecule has 10 aromatic carbocycles. The lowest BCUT2D eigenvalue weighted by molar-refractivity contribution is 0.669. The van der Waals surface area contributed by atoms with Crippen LogP contribution in [0.15, 0.2) is 229 Å². The highest BCUT2D eigenvalue weighted by Gasteiger charge is 2.22. The summed E-state index contributed by atoms with van der Waals surface area (Å²) in [5.74, 6) is 0. The van der Waals surface area contributed by atoms with Crippen molar-refractivity contribution >= 4 is 93.4 Å². The van der Waals surface area contributed by atoms with Gasteiger partial charge in [0.1, 0.15) is 5.58 Å². The standard InChI is InChI=1S/C58H37N3O/c1-2-14-41(15-3-1)60-52-21-9-6-17-46(52)48-36-34-44(37-55(48)60)59(54-23-12-20-51-49-19-8-11-24-56(49)62-58(51)54)42-30-25-38(26-31-42)39-27-32-43(33-28-39)61-53-22-10-7-18-47(53)50-35-29-40-13-4-5-16-45(40)57(50)61/h1-37H. The third kappa shape index (κ3) is 5.20. The van der Waals surface area contributed by atoms with Crippen LogP contribution in [-0.2, 0) is 0 Å². The first-order valence-electron chi connectivity index (χ1n) is 21.2. The van der Waals surface area contributed by atoms with Gasteiger partial charge in [-0.25, -0.2) is 0 Å². The Morgan fingerprint density at radius 2 is 0.903 bits per heavy atom. The number of para-hydroxylation sites is 5. The van der Waals surface area contributed by atoms with E-state index in [2.05, 4.69) is 232 Å². The van der Waals surface area contributed by atoms with Crippen molar-refractivity contribution < 1.29 is 4.42 Å². The Hall–Kier alpha value is -8.34. The van der Waals surface area contributed by atoms with E-state index in [1.54, 1.807) is 0 Å². The average Bonchev–Trinajstić information content (AvgIpc) is 4.01. The molecule has 13 rings (SSSR count). The van der Waals surface area contributed by atoms with Gasteiger partial charge in [0.2, 0.25) is 0 Å². The van der Waals surface area contributed by atoms with E-state index in [0.29, 0.717) is 0 Å². The maximum Gasteiger partial charge on any atom is 0.159 e. The first kappa shape index (κ1) is 34.5. The number of anilines is 3. The topological polar surface area (TPSA) is 26.2 Å². The summed E-state index contributed by atoms with van der Waals surface area (Å²) in [5, 5.41) is 9.66. The lowest BCUT2D eigenvalue weighted by Gasteiger charge is -2.26. The summed E-state index contributed by atoms with van der Waals surface area (Å²) in [6, 6.07) is 80.9. The number of hydrogen-bond acceptors (Lipinski definition) is 2. The molecule has 4 heteroatoms. The Morgan fingerprint density at radius 3 is 1.69 bits per heavy atom. The highest BCUT2D eigenvalue weighted by molar-refractivity contribution is 6.19. The van der Waals surface area contributed by atoms with Crippen LogP contribution in [-0.4, -0.2) is 9.13 Å². The zero-order valence-corrected chi connectivity index (χ0v) is 33.6. The Bertz CT molecular complexity index is 3850. The number of hydrogen-bond donors (Lipinski definition) is 0. The quantitative estimate of drug-likeness (QED) is 0.168. The van der Waals surface area contributed by atoms with Crippen molar-refractivity contribution in [2.75, 3.05) is 4.90 Å². The molecule has 0 spiro atoms. The van der Waals surface area contributed by atoms with Crippen LogP contribution in [0.2, 0.25) is 0 Å². The zero-order chi connectivity index (χ0) is 40.7. The second-order valence-electron chi connectivity index (χ2n) is 16.1. The monoisotopic (exact) mass is 791 g/mol. The van der Waals surface area contributed by atoms with Crippen LogP contribution in [0.1, 0.15) is 0 Å². The molecule has 0 radical (unpaired) electrons. The molecule has 0 aliphatic heterocycles. The van der Waals surface area contributed by atoms with Crippen molar-refractivity contribution in [3.8, 4) is 22.5 Å². The summed E-state index contributed by atoms with van der Waals surface area (Å²) in [6.45, 7) is 0. The minimum Gasteiger partial charge on any atom is -0.454 e. The minimum atomic E-state index is 0.856. The molecule has 0 atom stereocenters. The van der Waals surface area contributed by atoms with E-state index < -0.39 is 0 Å². The summed E-state index contributed by atoms with van der Waals surface area (Å²) in [7, 11) is 0. The molecule has 0 unspecified atom stereocenters. The number of nitrogens with zero attached hydrogens (tertiary/aromatic N) is 3. The highest BCUT2D eigenvalue weighted by Crippen LogP contribution is 2.45. The number of aromatic nitrogens is 2. The third-order valence-corrected chi connectivity index (χ3v) is 12.7. The molecule has 0 N–H and O–H groups in total. The molecule has 4 nitrogen and oxygen atoms in total. The highest BCUT2D eigenvalue weighted by atomic mass is 16.3. The van der Waals surface area contributed by atoms with Gasteiger partial charge in [0.15, 0.2) is 5.58 Å². The fraction of sp³-hybridized carbons (Fsp3) is 0. The molecule has 0 aliphatic carbocycles. The van der Waals surface area contributed by atoms with Gasteiger partial charge in [0.05, 0.1) is 27.8 Å². The average molecular weight is 792 g/mol. The second kappa shape index (κ2) is 13.6. The minimum absolute atomic E-state index is 0.856. The molecule has 290 valence electrons. The summed E-state index contributed by atoms with van der Waals surface area (Å²) in [5.41, 5.74) is 14.1. The van der Waals surface area contributed by atoms with E-state index in [1.807, 2.05) is 6.07 Å². The van der Waals surface area contributed by atoms with Gasteiger partial charge in [-0.3, -0.25) is 0 Å². The number of rotatable bonds is 6. The Labute approximate surface area is 357 Å². The lowest BCUT2D eigenvalue weighted by Crippen LogP contribution is -2.10. The van der Waals surface area contributed by atoms with Crippen molar-refractivity contribution in [3.05, 3.63) is 224 Å². The fourth-order valence-electron chi connectivity index (χ4n) is 9.89. The molecule has 0 amide bonds. The van der Waals surface area contributed by atoms with E-state index >= 15 is 0 Å². The van der Waals surface area contributed by atoms with Crippen molar-refractivity contribution in [1.29, 1.82) is 0 Å². The van der Waals surface area contributed by atoms with E-state index in [0.717, 1.165) is 67.0 Å². The van der Waals surface area contributed by atoms with E-state index in [9.17, 15) is 0 Å². The van der Waals surface area contributed by atoms with Gasteiger partial charge < -0.3 is 18.5 Å². The lowest BCUT2D eigenvalue weighted by atomic mass is 10.0. The molecule has 0 bridgehead atoms. The molecular weight excluding hydrogens is 755 g/mol. The summed E-state index contributed by atoms with van der Waals surface area (Å²) >= 11 is 0. The van der Waals surface area contributed by atoms with Crippen molar-refractivity contribution in [3.63, 3.8) is 0 Å².